The van der Waals surface area contributed by atoms with E-state index in [1.165, 1.54) is 0 Å². The zero-order chi connectivity index (χ0) is 14.8. The highest BCUT2D eigenvalue weighted by Gasteiger charge is 2.46. The summed E-state index contributed by atoms with van der Waals surface area (Å²) in [6.07, 6.45) is 1.37. The highest BCUT2D eigenvalue weighted by molar-refractivity contribution is 5.97. The Labute approximate surface area is 119 Å². The first-order chi connectivity index (χ1) is 9.43. The van der Waals surface area contributed by atoms with Crippen molar-refractivity contribution in [1.82, 2.24) is 0 Å². The molecule has 1 unspecified atom stereocenters. The van der Waals surface area contributed by atoms with Gasteiger partial charge in [0.15, 0.2) is 5.92 Å². The van der Waals surface area contributed by atoms with E-state index in [1.807, 2.05) is 37.3 Å². The molecule has 0 saturated carbocycles. The fourth-order valence-corrected chi connectivity index (χ4v) is 2.53. The monoisotopic (exact) mass is 276 g/mol. The molecule has 1 saturated heterocycles. The van der Waals surface area contributed by atoms with Gasteiger partial charge >= 0.3 is 11.9 Å². The largest absolute Gasteiger partial charge is 0.422 e. The van der Waals surface area contributed by atoms with Gasteiger partial charge < -0.3 is 9.47 Å². The van der Waals surface area contributed by atoms with Gasteiger partial charge in [-0.25, -0.2) is 0 Å². The van der Waals surface area contributed by atoms with E-state index < -0.39 is 23.6 Å². The van der Waals surface area contributed by atoms with E-state index >= 15 is 0 Å². The summed E-state index contributed by atoms with van der Waals surface area (Å²) in [6, 6.07) is 9.82. The Morgan fingerprint density at radius 2 is 1.65 bits per heavy atom. The van der Waals surface area contributed by atoms with Gasteiger partial charge in [-0.05, 0) is 17.9 Å². The number of cyclic esters (lactones) is 2. The van der Waals surface area contributed by atoms with Crippen LogP contribution in [0.2, 0.25) is 0 Å². The fourth-order valence-electron chi connectivity index (χ4n) is 2.53. The summed E-state index contributed by atoms with van der Waals surface area (Å²) in [4.78, 5) is 24.2. The second-order valence-electron chi connectivity index (χ2n) is 5.58. The standard InChI is InChI=1S/C16H20O4/c1-4-12(10-11-8-6-5-7-9-11)13-14(17)19-16(2,3)20-15(13)18/h5-9,12-13H,4,10H2,1-3H3. The first-order valence-electron chi connectivity index (χ1n) is 6.92. The molecule has 4 heteroatoms. The Morgan fingerprint density at radius 1 is 1.10 bits per heavy atom. The SMILES string of the molecule is CCC(Cc1ccccc1)C1C(=O)OC(C)(C)OC1=O. The molecule has 1 aromatic rings. The smallest absolute Gasteiger partial charge is 0.323 e. The summed E-state index contributed by atoms with van der Waals surface area (Å²) in [5.41, 5.74) is 1.10. The first kappa shape index (κ1) is 14.6. The van der Waals surface area contributed by atoms with Gasteiger partial charge in [0.05, 0.1) is 0 Å². The average molecular weight is 276 g/mol. The van der Waals surface area contributed by atoms with Gasteiger partial charge in [-0.1, -0.05) is 43.7 Å². The number of ether oxygens (including phenoxy) is 2. The van der Waals surface area contributed by atoms with Crippen LogP contribution in [-0.2, 0) is 25.5 Å². The number of hydrogen-bond donors (Lipinski definition) is 0. The molecule has 20 heavy (non-hydrogen) atoms. The molecule has 4 nitrogen and oxygen atoms in total. The van der Waals surface area contributed by atoms with Crippen molar-refractivity contribution in [3.63, 3.8) is 0 Å². The highest BCUT2D eigenvalue weighted by atomic mass is 16.7. The highest BCUT2D eigenvalue weighted by Crippen LogP contribution is 2.31. The van der Waals surface area contributed by atoms with Crippen molar-refractivity contribution in [2.75, 3.05) is 0 Å². The van der Waals surface area contributed by atoms with Crippen molar-refractivity contribution in [1.29, 1.82) is 0 Å². The lowest BCUT2D eigenvalue weighted by atomic mass is 9.84. The summed E-state index contributed by atoms with van der Waals surface area (Å²) in [5.74, 6) is -3.04. The normalized spacial score (nSPS) is 20.1. The molecule has 1 heterocycles. The van der Waals surface area contributed by atoms with Crippen LogP contribution in [-0.4, -0.2) is 17.7 Å². The van der Waals surface area contributed by atoms with Crippen LogP contribution in [0.3, 0.4) is 0 Å². The van der Waals surface area contributed by atoms with Gasteiger partial charge in [0.2, 0.25) is 0 Å². The molecular formula is C16H20O4. The summed E-state index contributed by atoms with van der Waals surface area (Å²) in [6.45, 7) is 5.10. The van der Waals surface area contributed by atoms with Crippen molar-refractivity contribution in [2.24, 2.45) is 11.8 Å². The van der Waals surface area contributed by atoms with E-state index in [4.69, 9.17) is 9.47 Å². The Bertz CT molecular complexity index is 472. The van der Waals surface area contributed by atoms with Gasteiger partial charge in [-0.15, -0.1) is 0 Å². The van der Waals surface area contributed by atoms with Crippen molar-refractivity contribution >= 4 is 11.9 Å². The lowest BCUT2D eigenvalue weighted by Gasteiger charge is -2.35. The van der Waals surface area contributed by atoms with Crippen LogP contribution in [0.25, 0.3) is 0 Å². The molecular weight excluding hydrogens is 256 g/mol. The minimum Gasteiger partial charge on any atom is -0.422 e. The van der Waals surface area contributed by atoms with E-state index in [0.717, 1.165) is 5.56 Å². The Hall–Kier alpha value is -1.84. The number of rotatable bonds is 4. The molecule has 0 aromatic heterocycles. The first-order valence-corrected chi connectivity index (χ1v) is 6.92. The molecule has 1 atom stereocenters. The Morgan fingerprint density at radius 3 is 2.15 bits per heavy atom. The van der Waals surface area contributed by atoms with Crippen LogP contribution in [0.1, 0.15) is 32.8 Å². The molecule has 0 bridgehead atoms. The van der Waals surface area contributed by atoms with E-state index in [-0.39, 0.29) is 5.92 Å². The number of carbonyl (C=O) groups excluding carboxylic acids is 2. The number of esters is 2. The summed E-state index contributed by atoms with van der Waals surface area (Å²) in [5, 5.41) is 0. The fraction of sp³-hybridized carbons (Fsp3) is 0.500. The van der Waals surface area contributed by atoms with E-state index in [2.05, 4.69) is 0 Å². The summed E-state index contributed by atoms with van der Waals surface area (Å²) < 4.78 is 10.4. The van der Waals surface area contributed by atoms with Crippen LogP contribution >= 0.6 is 0 Å². The van der Waals surface area contributed by atoms with E-state index in [9.17, 15) is 9.59 Å². The lowest BCUT2D eigenvalue weighted by Crippen LogP contribution is -2.49. The van der Waals surface area contributed by atoms with Crippen LogP contribution in [0.4, 0.5) is 0 Å². The van der Waals surface area contributed by atoms with Crippen molar-refractivity contribution in [3.05, 3.63) is 35.9 Å². The zero-order valence-corrected chi connectivity index (χ0v) is 12.1. The number of hydrogen-bond acceptors (Lipinski definition) is 4. The lowest BCUT2D eigenvalue weighted by molar-refractivity contribution is -0.242. The van der Waals surface area contributed by atoms with E-state index in [1.54, 1.807) is 13.8 Å². The van der Waals surface area contributed by atoms with Crippen LogP contribution in [0.15, 0.2) is 30.3 Å². The second kappa shape index (κ2) is 5.65. The van der Waals surface area contributed by atoms with Gasteiger partial charge in [0, 0.05) is 13.8 Å². The molecule has 1 aliphatic heterocycles. The molecule has 1 aromatic carbocycles. The van der Waals surface area contributed by atoms with Gasteiger partial charge in [0.1, 0.15) is 0 Å². The van der Waals surface area contributed by atoms with E-state index in [0.29, 0.717) is 12.8 Å². The molecule has 1 fully saturated rings. The quantitative estimate of drug-likeness (QED) is 0.626. The van der Waals surface area contributed by atoms with Crippen LogP contribution < -0.4 is 0 Å². The molecule has 0 aliphatic carbocycles. The second-order valence-corrected chi connectivity index (χ2v) is 5.58. The Kier molecular flexibility index (Phi) is 4.12. The summed E-state index contributed by atoms with van der Waals surface area (Å²) in [7, 11) is 0. The maximum Gasteiger partial charge on any atom is 0.323 e. The van der Waals surface area contributed by atoms with Crippen molar-refractivity contribution in [3.8, 4) is 0 Å². The third-order valence-corrected chi connectivity index (χ3v) is 3.54. The summed E-state index contributed by atoms with van der Waals surface area (Å²) >= 11 is 0. The molecule has 108 valence electrons. The van der Waals surface area contributed by atoms with Gasteiger partial charge in [-0.3, -0.25) is 9.59 Å². The third kappa shape index (κ3) is 3.18. The molecule has 2 rings (SSSR count). The predicted molar refractivity (Wildman–Crippen MR) is 73.7 cm³/mol. The average Bonchev–Trinajstić information content (AvgIpc) is 2.36. The van der Waals surface area contributed by atoms with Crippen molar-refractivity contribution < 1.29 is 19.1 Å². The van der Waals surface area contributed by atoms with Gasteiger partial charge in [-0.2, -0.15) is 0 Å². The number of carbonyl (C=O) groups is 2. The zero-order valence-electron chi connectivity index (χ0n) is 12.1. The minimum atomic E-state index is -1.16. The third-order valence-electron chi connectivity index (χ3n) is 3.54. The minimum absolute atomic E-state index is 0.103. The molecule has 0 spiro atoms. The Balaban J connectivity index is 2.15. The molecule has 0 N–H and O–H groups in total. The number of benzene rings is 1. The van der Waals surface area contributed by atoms with Crippen molar-refractivity contribution in [2.45, 2.75) is 39.4 Å². The maximum absolute atomic E-state index is 12.1. The predicted octanol–water partition coefficient (Wildman–Crippen LogP) is 2.71. The molecule has 0 radical (unpaired) electrons. The maximum atomic E-state index is 12.1. The van der Waals surface area contributed by atoms with Gasteiger partial charge in [0.25, 0.3) is 5.79 Å². The van der Waals surface area contributed by atoms with Crippen LogP contribution in [0, 0.1) is 11.8 Å². The topological polar surface area (TPSA) is 52.6 Å². The van der Waals surface area contributed by atoms with Crippen LogP contribution in [0.5, 0.6) is 0 Å². The molecule has 0 amide bonds. The molecule has 1 aliphatic rings.